The average Bonchev–Trinajstić information content (AvgIpc) is 3.28. The molecule has 6 nitrogen and oxygen atoms in total. The van der Waals surface area contributed by atoms with Crippen LogP contribution < -0.4 is 15.4 Å². The summed E-state index contributed by atoms with van der Waals surface area (Å²) < 4.78 is 18.3. The number of nitrogens with zero attached hydrogens (tertiary/aromatic N) is 1. The maximum Gasteiger partial charge on any atom is 0.257 e. The van der Waals surface area contributed by atoms with E-state index in [4.69, 9.17) is 16.3 Å². The minimum atomic E-state index is -0.434. The van der Waals surface area contributed by atoms with Gasteiger partial charge in [-0.1, -0.05) is 11.6 Å². The van der Waals surface area contributed by atoms with Gasteiger partial charge in [-0.25, -0.2) is 9.37 Å². The molecule has 1 aliphatic rings. The fourth-order valence-electron chi connectivity index (χ4n) is 3.30. The minimum Gasteiger partial charge on any atom is -0.495 e. The number of hydrogen-bond acceptors (Lipinski definition) is 5. The van der Waals surface area contributed by atoms with Crippen molar-refractivity contribution < 1.29 is 18.7 Å². The molecular formula is C21H17ClFN3O3S. The Hall–Kier alpha value is -2.97. The number of aryl methyl sites for hydroxylation is 1. The van der Waals surface area contributed by atoms with Crippen molar-refractivity contribution in [1.29, 1.82) is 0 Å². The summed E-state index contributed by atoms with van der Waals surface area (Å²) in [6, 6.07) is 10.2. The Morgan fingerprint density at radius 1 is 1.20 bits per heavy atom. The molecule has 2 aromatic carbocycles. The molecule has 1 heterocycles. The first-order valence-corrected chi connectivity index (χ1v) is 10.3. The van der Waals surface area contributed by atoms with Crippen LogP contribution in [0.4, 0.5) is 15.2 Å². The fraction of sp³-hybridized carbons (Fsp3) is 0.190. The van der Waals surface area contributed by atoms with E-state index in [9.17, 15) is 14.0 Å². The van der Waals surface area contributed by atoms with E-state index in [1.54, 1.807) is 18.2 Å². The van der Waals surface area contributed by atoms with Crippen LogP contribution in [0.1, 0.15) is 33.3 Å². The normalized spacial score (nSPS) is 14.8. The number of amides is 2. The lowest BCUT2D eigenvalue weighted by atomic mass is 10.1. The van der Waals surface area contributed by atoms with Crippen LogP contribution in [-0.2, 0) is 11.2 Å². The maximum absolute atomic E-state index is 13.0. The van der Waals surface area contributed by atoms with E-state index in [-0.39, 0.29) is 11.8 Å². The van der Waals surface area contributed by atoms with Crippen LogP contribution in [0.25, 0.3) is 0 Å². The molecule has 0 bridgehead atoms. The molecule has 0 aliphatic heterocycles. The highest BCUT2D eigenvalue weighted by molar-refractivity contribution is 7.16. The molecule has 1 aromatic heterocycles. The average molecular weight is 446 g/mol. The topological polar surface area (TPSA) is 80.3 Å². The van der Waals surface area contributed by atoms with Gasteiger partial charge in [-0.2, -0.15) is 0 Å². The lowest BCUT2D eigenvalue weighted by Crippen LogP contribution is -2.20. The number of rotatable bonds is 5. The lowest BCUT2D eigenvalue weighted by Gasteiger charge is -2.14. The number of ether oxygens (including phenoxy) is 1. The van der Waals surface area contributed by atoms with Gasteiger partial charge in [0.15, 0.2) is 5.13 Å². The van der Waals surface area contributed by atoms with Crippen LogP contribution in [0.3, 0.4) is 0 Å². The van der Waals surface area contributed by atoms with Gasteiger partial charge in [0.05, 0.1) is 24.4 Å². The number of carbonyl (C=O) groups excluding carboxylic acids is 2. The van der Waals surface area contributed by atoms with Gasteiger partial charge < -0.3 is 10.1 Å². The first-order chi connectivity index (χ1) is 14.4. The SMILES string of the molecule is COc1ccc(Cl)cc1NC(=O)C1CCc2sc(NC(=O)c3ccc(F)cc3)nc21. The first-order valence-electron chi connectivity index (χ1n) is 9.15. The highest BCUT2D eigenvalue weighted by Crippen LogP contribution is 2.39. The van der Waals surface area contributed by atoms with Gasteiger partial charge in [0.1, 0.15) is 11.6 Å². The monoisotopic (exact) mass is 445 g/mol. The van der Waals surface area contributed by atoms with E-state index in [0.717, 1.165) is 4.88 Å². The van der Waals surface area contributed by atoms with Gasteiger partial charge in [-0.05, 0) is 55.3 Å². The van der Waals surface area contributed by atoms with Gasteiger partial charge in [0.2, 0.25) is 5.91 Å². The smallest absolute Gasteiger partial charge is 0.257 e. The molecule has 1 aliphatic carbocycles. The summed E-state index contributed by atoms with van der Waals surface area (Å²) in [5.74, 6) is -0.930. The Bertz CT molecular complexity index is 1120. The number of nitrogens with one attached hydrogen (secondary N) is 2. The molecular weight excluding hydrogens is 429 g/mol. The number of carbonyl (C=O) groups is 2. The molecule has 1 unspecified atom stereocenters. The third-order valence-corrected chi connectivity index (χ3v) is 6.06. The summed E-state index contributed by atoms with van der Waals surface area (Å²) in [5.41, 5.74) is 1.48. The van der Waals surface area contributed by atoms with Crippen molar-refractivity contribution in [1.82, 2.24) is 4.98 Å². The second-order valence-corrected chi connectivity index (χ2v) is 8.23. The van der Waals surface area contributed by atoms with Crippen molar-refractivity contribution >= 4 is 45.6 Å². The zero-order valence-corrected chi connectivity index (χ0v) is 17.4. The second-order valence-electron chi connectivity index (χ2n) is 6.71. The highest BCUT2D eigenvalue weighted by Gasteiger charge is 2.33. The van der Waals surface area contributed by atoms with E-state index in [1.807, 2.05) is 0 Å². The standard InChI is InChI=1S/C21H17ClFN3O3S/c1-29-16-8-4-12(22)10-15(16)24-20(28)14-7-9-17-18(14)25-21(30-17)26-19(27)11-2-5-13(23)6-3-11/h2-6,8,10,14H,7,9H2,1H3,(H,24,28)(H,25,26,27). The molecule has 0 saturated heterocycles. The number of hydrogen-bond donors (Lipinski definition) is 2. The van der Waals surface area contributed by atoms with E-state index >= 15 is 0 Å². The largest absolute Gasteiger partial charge is 0.495 e. The summed E-state index contributed by atoms with van der Waals surface area (Å²) in [6.45, 7) is 0. The molecule has 154 valence electrons. The number of anilines is 2. The third kappa shape index (κ3) is 4.15. The molecule has 0 fully saturated rings. The number of halogens is 2. The Labute approximate surface area is 181 Å². The summed E-state index contributed by atoms with van der Waals surface area (Å²) in [6.07, 6.45) is 1.33. The molecule has 2 amide bonds. The van der Waals surface area contributed by atoms with E-state index in [2.05, 4.69) is 15.6 Å². The number of thiazole rings is 1. The first kappa shape index (κ1) is 20.3. The van der Waals surface area contributed by atoms with Crippen molar-refractivity contribution in [3.63, 3.8) is 0 Å². The van der Waals surface area contributed by atoms with Crippen molar-refractivity contribution in [3.05, 3.63) is 69.4 Å². The van der Waals surface area contributed by atoms with Gasteiger partial charge in [-0.3, -0.25) is 14.9 Å². The maximum atomic E-state index is 13.0. The number of methoxy groups -OCH3 is 1. The third-order valence-electron chi connectivity index (χ3n) is 4.78. The molecule has 4 rings (SSSR count). The van der Waals surface area contributed by atoms with Crippen LogP contribution >= 0.6 is 22.9 Å². The highest BCUT2D eigenvalue weighted by atomic mass is 35.5. The summed E-state index contributed by atoms with van der Waals surface area (Å²) in [7, 11) is 1.52. The number of aromatic nitrogens is 1. The fourth-order valence-corrected chi connectivity index (χ4v) is 4.51. The van der Waals surface area contributed by atoms with E-state index in [0.29, 0.717) is 45.7 Å². The van der Waals surface area contributed by atoms with E-state index in [1.165, 1.54) is 42.7 Å². The molecule has 0 radical (unpaired) electrons. The minimum absolute atomic E-state index is 0.212. The van der Waals surface area contributed by atoms with Gasteiger partial charge >= 0.3 is 0 Å². The van der Waals surface area contributed by atoms with Gasteiger partial charge in [0.25, 0.3) is 5.91 Å². The molecule has 3 aromatic rings. The molecule has 2 N–H and O–H groups in total. The molecule has 0 spiro atoms. The molecule has 9 heteroatoms. The van der Waals surface area contributed by atoms with Crippen LogP contribution in [0.2, 0.25) is 5.02 Å². The quantitative estimate of drug-likeness (QED) is 0.587. The predicted molar refractivity (Wildman–Crippen MR) is 114 cm³/mol. The Kier molecular flexibility index (Phi) is 5.69. The Morgan fingerprint density at radius 2 is 1.97 bits per heavy atom. The zero-order chi connectivity index (χ0) is 21.3. The van der Waals surface area contributed by atoms with E-state index < -0.39 is 11.7 Å². The van der Waals surface area contributed by atoms with Crippen LogP contribution in [0.15, 0.2) is 42.5 Å². The van der Waals surface area contributed by atoms with Gasteiger partial charge in [0, 0.05) is 15.5 Å². The molecule has 1 atom stereocenters. The summed E-state index contributed by atoms with van der Waals surface area (Å²) in [4.78, 5) is 30.6. The van der Waals surface area contributed by atoms with Gasteiger partial charge in [-0.15, -0.1) is 11.3 Å². The second kappa shape index (κ2) is 8.41. The van der Waals surface area contributed by atoms with Crippen molar-refractivity contribution in [2.24, 2.45) is 0 Å². The summed E-state index contributed by atoms with van der Waals surface area (Å²) >= 11 is 7.37. The van der Waals surface area contributed by atoms with Crippen molar-refractivity contribution in [2.75, 3.05) is 17.7 Å². The Balaban J connectivity index is 1.49. The van der Waals surface area contributed by atoms with Crippen molar-refractivity contribution in [3.8, 4) is 5.75 Å². The predicted octanol–water partition coefficient (Wildman–Crippen LogP) is 4.87. The van der Waals surface area contributed by atoms with Crippen LogP contribution in [-0.4, -0.2) is 23.9 Å². The zero-order valence-electron chi connectivity index (χ0n) is 15.9. The Morgan fingerprint density at radius 3 is 2.70 bits per heavy atom. The van der Waals surface area contributed by atoms with Crippen molar-refractivity contribution in [2.45, 2.75) is 18.8 Å². The summed E-state index contributed by atoms with van der Waals surface area (Å²) in [5, 5.41) is 6.47. The van der Waals surface area contributed by atoms with Crippen LogP contribution in [0, 0.1) is 5.82 Å². The molecule has 30 heavy (non-hydrogen) atoms. The van der Waals surface area contributed by atoms with Crippen LogP contribution in [0.5, 0.6) is 5.75 Å². The molecule has 0 saturated carbocycles. The number of fused-ring (bicyclic) bond motifs is 1. The number of benzene rings is 2. The lowest BCUT2D eigenvalue weighted by molar-refractivity contribution is -0.117.